The van der Waals surface area contributed by atoms with E-state index in [1.165, 1.54) is 55.4 Å². The van der Waals surface area contributed by atoms with Crippen LogP contribution in [0.25, 0.3) is 0 Å². The van der Waals surface area contributed by atoms with Gasteiger partial charge in [-0.3, -0.25) is 13.8 Å². The van der Waals surface area contributed by atoms with Gasteiger partial charge in [-0.05, 0) is 28.9 Å². The van der Waals surface area contributed by atoms with Crippen molar-refractivity contribution in [2.45, 2.75) is 63.7 Å². The highest BCUT2D eigenvalue weighted by molar-refractivity contribution is 7.86. The first-order chi connectivity index (χ1) is 24.8. The minimum absolute atomic E-state index is 0.0778. The number of rotatable bonds is 19. The van der Waals surface area contributed by atoms with Gasteiger partial charge in [0, 0.05) is 38.1 Å². The van der Waals surface area contributed by atoms with Crippen molar-refractivity contribution < 1.29 is 36.4 Å². The molecule has 4 heterocycles. The summed E-state index contributed by atoms with van der Waals surface area (Å²) in [5, 5.41) is 36.9. The molecule has 0 fully saturated rings. The van der Waals surface area contributed by atoms with Crippen molar-refractivity contribution >= 4 is 33.6 Å². The molecule has 0 aliphatic rings. The monoisotopic (exact) mass is 744 g/mol. The van der Waals surface area contributed by atoms with E-state index in [2.05, 4.69) is 30.6 Å². The van der Waals surface area contributed by atoms with Crippen LogP contribution in [-0.4, -0.2) is 92.2 Å². The molecule has 0 atom stereocenters. The van der Waals surface area contributed by atoms with Crippen LogP contribution in [0.1, 0.15) is 29.8 Å². The van der Waals surface area contributed by atoms with Gasteiger partial charge in [0.25, 0.3) is 10.1 Å². The molecular formula is C29H33FN12O9S. The van der Waals surface area contributed by atoms with Crippen LogP contribution in [0.15, 0.2) is 66.3 Å². The number of benzene rings is 1. The van der Waals surface area contributed by atoms with Crippen LogP contribution in [0.4, 0.5) is 16.3 Å². The van der Waals surface area contributed by atoms with Gasteiger partial charge >= 0.3 is 11.9 Å². The molecule has 5 rings (SSSR count). The number of aromatic nitrogens is 10. The van der Waals surface area contributed by atoms with Crippen molar-refractivity contribution in [3.63, 3.8) is 0 Å². The third kappa shape index (κ3) is 11.5. The average molecular weight is 745 g/mol. The van der Waals surface area contributed by atoms with Crippen LogP contribution in [0, 0.1) is 27.2 Å². The van der Waals surface area contributed by atoms with Crippen molar-refractivity contribution in [1.29, 1.82) is 0 Å². The van der Waals surface area contributed by atoms with Gasteiger partial charge in [-0.1, -0.05) is 38.1 Å². The lowest BCUT2D eigenvalue weighted by molar-refractivity contribution is -0.396. The fourth-order valence-corrected chi connectivity index (χ4v) is 5.39. The number of alkyl halides is 1. The summed E-state index contributed by atoms with van der Waals surface area (Å²) in [4.78, 5) is 51.3. The molecule has 276 valence electrons. The summed E-state index contributed by atoms with van der Waals surface area (Å²) in [5.41, 5.74) is 2.06. The summed E-state index contributed by atoms with van der Waals surface area (Å²) >= 11 is 0. The second-order valence-corrected chi connectivity index (χ2v) is 12.6. The van der Waals surface area contributed by atoms with Crippen molar-refractivity contribution in [3.05, 3.63) is 98.6 Å². The third-order valence-electron chi connectivity index (χ3n) is 7.08. The summed E-state index contributed by atoms with van der Waals surface area (Å²) in [7, 11) is -3.86. The van der Waals surface area contributed by atoms with Crippen LogP contribution in [0.3, 0.4) is 0 Å². The molecule has 0 spiro atoms. The van der Waals surface area contributed by atoms with Crippen LogP contribution in [0.5, 0.6) is 0 Å². The molecule has 0 amide bonds. The van der Waals surface area contributed by atoms with E-state index < -0.39 is 26.6 Å². The number of nitro groups is 2. The number of imidazole rings is 2. The molecule has 0 saturated heterocycles. The van der Waals surface area contributed by atoms with Gasteiger partial charge in [0.1, 0.15) is 44.6 Å². The molecule has 21 nitrogen and oxygen atoms in total. The lowest BCUT2D eigenvalue weighted by Gasteiger charge is -2.05. The molecule has 0 saturated carbocycles. The number of carbonyl (C=O) groups excluding carboxylic acids is 2. The van der Waals surface area contributed by atoms with E-state index >= 15 is 0 Å². The largest absolute Gasteiger partial charge is 0.434 e. The van der Waals surface area contributed by atoms with Crippen molar-refractivity contribution in [2.24, 2.45) is 0 Å². The van der Waals surface area contributed by atoms with Crippen molar-refractivity contribution in [3.8, 4) is 0 Å². The summed E-state index contributed by atoms with van der Waals surface area (Å²) in [6, 6.07) is 6.33. The molecule has 1 aromatic carbocycles. The molecule has 0 radical (unpaired) electrons. The van der Waals surface area contributed by atoms with E-state index in [9.17, 15) is 42.6 Å². The van der Waals surface area contributed by atoms with Gasteiger partial charge in [-0.15, -0.1) is 10.2 Å². The van der Waals surface area contributed by atoms with Gasteiger partial charge in [0.2, 0.25) is 0 Å². The first-order valence-corrected chi connectivity index (χ1v) is 16.9. The molecule has 4 aromatic heterocycles. The highest BCUT2D eigenvalue weighted by Gasteiger charge is 2.19. The van der Waals surface area contributed by atoms with Gasteiger partial charge in [0.05, 0.1) is 36.0 Å². The maximum atomic E-state index is 12.2. The quantitative estimate of drug-likeness (QED) is 0.0664. The molecule has 5 aromatic rings. The third-order valence-corrected chi connectivity index (χ3v) is 8.41. The maximum absolute atomic E-state index is 12.2. The maximum Gasteiger partial charge on any atom is 0.434 e. The van der Waals surface area contributed by atoms with Gasteiger partial charge < -0.3 is 20.2 Å². The summed E-state index contributed by atoms with van der Waals surface area (Å²) in [6.45, 7) is 1.21. The van der Waals surface area contributed by atoms with Crippen LogP contribution < -0.4 is 0 Å². The number of hydrogen-bond acceptors (Lipinski definition) is 15. The fraction of sp³-hybridized carbons (Fsp3) is 0.379. The van der Waals surface area contributed by atoms with Crippen molar-refractivity contribution in [2.75, 3.05) is 13.3 Å². The van der Waals surface area contributed by atoms with Gasteiger partial charge in [0.15, 0.2) is 11.6 Å². The number of ketones is 2. The van der Waals surface area contributed by atoms with E-state index in [-0.39, 0.29) is 74.0 Å². The van der Waals surface area contributed by atoms with Crippen LogP contribution in [0.2, 0.25) is 0 Å². The molecule has 0 aliphatic carbocycles. The molecule has 23 heteroatoms. The Hall–Kier alpha value is -6.10. The first kappa shape index (κ1) is 38.7. The van der Waals surface area contributed by atoms with Crippen LogP contribution in [-0.2, 0) is 62.9 Å². The van der Waals surface area contributed by atoms with Gasteiger partial charge in [-0.25, -0.2) is 22.9 Å². The van der Waals surface area contributed by atoms with Gasteiger partial charge in [-0.2, -0.15) is 8.42 Å². The lowest BCUT2D eigenvalue weighted by atomic mass is 10.2. The zero-order valence-corrected chi connectivity index (χ0v) is 28.5. The first-order valence-electron chi connectivity index (χ1n) is 15.5. The second-order valence-electron chi connectivity index (χ2n) is 11.0. The Labute approximate surface area is 294 Å². The standard InChI is InChI=1S/C18H20N6O6S.C11H13FN6O3/c1-14-2-6-17(7-3-14)31(28,29)30-11-10-23-12-15(20-21-23)4-5-16(25)13-22-9-8-19-18(22)24(26)27;12-3-5-17-7-9(14-15-17)1-2-10(19)8-16-6-4-13-11(16)18(20)21/h2-3,6-9,12H,4-5,10-11,13H2,1H3;4,6-7H,1-3,5,8H2. The molecule has 52 heavy (non-hydrogen) atoms. The van der Waals surface area contributed by atoms with E-state index in [0.29, 0.717) is 24.2 Å². The molecule has 0 unspecified atom stereocenters. The summed E-state index contributed by atoms with van der Waals surface area (Å²) < 4.78 is 46.6. The number of halogens is 1. The number of aryl methyl sites for hydroxylation is 4. The van der Waals surface area contributed by atoms with Crippen molar-refractivity contribution in [1.82, 2.24) is 49.1 Å². The predicted molar refractivity (Wildman–Crippen MR) is 175 cm³/mol. The molecule has 0 bridgehead atoms. The van der Waals surface area contributed by atoms with E-state index in [4.69, 9.17) is 4.18 Å². The Morgan fingerprint density at radius 1 is 0.808 bits per heavy atom. The van der Waals surface area contributed by atoms with E-state index in [0.717, 1.165) is 5.56 Å². The second kappa shape index (κ2) is 18.2. The normalized spacial score (nSPS) is 11.2. The minimum Gasteiger partial charge on any atom is -0.390 e. The molecule has 0 aliphatic heterocycles. The van der Waals surface area contributed by atoms with E-state index in [1.54, 1.807) is 24.5 Å². The smallest absolute Gasteiger partial charge is 0.390 e. The highest BCUT2D eigenvalue weighted by Crippen LogP contribution is 2.14. The Bertz CT molecular complexity index is 2090. The molecular weight excluding hydrogens is 711 g/mol. The SMILES string of the molecule is Cc1ccc(S(=O)(=O)OCCn2cc(CCC(=O)Cn3ccnc3[N+](=O)[O-])nn2)cc1.O=C(CCc1cn(CCF)nn1)Cn1ccnc1[N+](=O)[O-]. The number of carbonyl (C=O) groups is 2. The Kier molecular flexibility index (Phi) is 13.6. The molecule has 0 N–H and O–H groups in total. The highest BCUT2D eigenvalue weighted by atomic mass is 32.2. The Morgan fingerprint density at radius 3 is 1.75 bits per heavy atom. The number of hydrogen-bond donors (Lipinski definition) is 0. The zero-order chi connectivity index (χ0) is 37.7. The topological polar surface area (TPSA) is 261 Å². The number of nitrogens with zero attached hydrogens (tertiary/aromatic N) is 12. The van der Waals surface area contributed by atoms with E-state index in [1.807, 2.05) is 6.92 Å². The lowest BCUT2D eigenvalue weighted by Crippen LogP contribution is -2.13. The predicted octanol–water partition coefficient (Wildman–Crippen LogP) is 1.85. The minimum atomic E-state index is -3.86. The Balaban J connectivity index is 0.000000251. The average Bonchev–Trinajstić information content (AvgIpc) is 3.92. The number of Topliss-reactive ketones (excluding diaryl/α,β-unsaturated/α-hetero) is 2. The summed E-state index contributed by atoms with van der Waals surface area (Å²) in [6.07, 6.45) is 9.39. The Morgan fingerprint density at radius 2 is 1.29 bits per heavy atom. The zero-order valence-electron chi connectivity index (χ0n) is 27.7. The summed E-state index contributed by atoms with van der Waals surface area (Å²) in [5.74, 6) is -1.16. The fourth-order valence-electron chi connectivity index (χ4n) is 4.49. The van der Waals surface area contributed by atoms with Crippen LogP contribution >= 0.6 is 0 Å².